The van der Waals surface area contributed by atoms with Gasteiger partial charge >= 0.3 is 5.69 Å². The predicted molar refractivity (Wildman–Crippen MR) is 128 cm³/mol. The number of carbonyl (C=O) groups is 1. The Hall–Kier alpha value is -4.01. The number of rotatable bonds is 7. The van der Waals surface area contributed by atoms with Crippen LogP contribution in [0.4, 0.5) is 5.69 Å². The summed E-state index contributed by atoms with van der Waals surface area (Å²) in [6.45, 7) is 4.10. The number of amides is 1. The Morgan fingerprint density at radius 2 is 1.79 bits per heavy atom. The highest BCUT2D eigenvalue weighted by Crippen LogP contribution is 2.26. The molecule has 1 amide bonds. The van der Waals surface area contributed by atoms with Crippen molar-refractivity contribution in [1.29, 1.82) is 0 Å². The van der Waals surface area contributed by atoms with Crippen molar-refractivity contribution in [3.63, 3.8) is 0 Å². The van der Waals surface area contributed by atoms with Crippen LogP contribution in [-0.2, 0) is 17.9 Å². The SMILES string of the molecule is CCn1c(C2CCN(C(=O)/C=C/c3ccc([N+](=O)[O-])cc3)CC2)nn(Cc2ccccc2)c1=O. The van der Waals surface area contributed by atoms with Crippen molar-refractivity contribution in [3.05, 3.63) is 98.2 Å². The molecule has 3 aromatic rings. The number of piperidine rings is 1. The van der Waals surface area contributed by atoms with Crippen LogP contribution in [0.5, 0.6) is 0 Å². The topological polar surface area (TPSA) is 103 Å². The van der Waals surface area contributed by atoms with Crippen molar-refractivity contribution in [2.24, 2.45) is 0 Å². The normalized spacial score (nSPS) is 14.6. The van der Waals surface area contributed by atoms with Crippen LogP contribution < -0.4 is 5.69 Å². The predicted octanol–water partition coefficient (Wildman–Crippen LogP) is 3.44. The molecule has 1 aliphatic heterocycles. The molecule has 0 bridgehead atoms. The molecule has 1 aliphatic rings. The van der Waals surface area contributed by atoms with E-state index in [1.165, 1.54) is 22.9 Å². The summed E-state index contributed by atoms with van der Waals surface area (Å²) >= 11 is 0. The molecule has 0 aliphatic carbocycles. The molecule has 4 rings (SSSR count). The number of nitro benzene ring substituents is 1. The van der Waals surface area contributed by atoms with Crippen molar-refractivity contribution < 1.29 is 9.72 Å². The lowest BCUT2D eigenvalue weighted by Gasteiger charge is -2.30. The molecule has 0 radical (unpaired) electrons. The molecule has 0 unspecified atom stereocenters. The second kappa shape index (κ2) is 10.3. The van der Waals surface area contributed by atoms with Gasteiger partial charge in [-0.1, -0.05) is 30.3 Å². The van der Waals surface area contributed by atoms with Crippen molar-refractivity contribution in [2.45, 2.75) is 38.8 Å². The molecule has 2 aromatic carbocycles. The first-order chi connectivity index (χ1) is 16.5. The van der Waals surface area contributed by atoms with Crippen molar-refractivity contribution in [1.82, 2.24) is 19.2 Å². The Morgan fingerprint density at radius 1 is 1.12 bits per heavy atom. The molecule has 176 valence electrons. The summed E-state index contributed by atoms with van der Waals surface area (Å²) < 4.78 is 3.26. The Bertz CT molecular complexity index is 1240. The van der Waals surface area contributed by atoms with Crippen molar-refractivity contribution in [3.8, 4) is 0 Å². The second-order valence-corrected chi connectivity index (χ2v) is 8.31. The highest BCUT2D eigenvalue weighted by molar-refractivity contribution is 5.91. The van der Waals surface area contributed by atoms with Gasteiger partial charge in [-0.15, -0.1) is 0 Å². The Morgan fingerprint density at radius 3 is 2.41 bits per heavy atom. The maximum atomic E-state index is 12.9. The number of nitro groups is 1. The van der Waals surface area contributed by atoms with Gasteiger partial charge in [-0.3, -0.25) is 19.5 Å². The summed E-state index contributed by atoms with van der Waals surface area (Å²) in [4.78, 5) is 37.6. The second-order valence-electron chi connectivity index (χ2n) is 8.31. The van der Waals surface area contributed by atoms with E-state index in [2.05, 4.69) is 5.10 Å². The summed E-state index contributed by atoms with van der Waals surface area (Å²) in [5, 5.41) is 15.4. The number of aromatic nitrogens is 3. The molecule has 2 heterocycles. The van der Waals surface area contributed by atoms with Crippen LogP contribution in [0.25, 0.3) is 6.08 Å². The van der Waals surface area contributed by atoms with Crippen molar-refractivity contribution >= 4 is 17.7 Å². The highest BCUT2D eigenvalue weighted by atomic mass is 16.6. The minimum Gasteiger partial charge on any atom is -0.339 e. The molecule has 0 atom stereocenters. The molecule has 0 saturated carbocycles. The lowest BCUT2D eigenvalue weighted by molar-refractivity contribution is -0.384. The third-order valence-electron chi connectivity index (χ3n) is 6.14. The number of nitrogens with zero attached hydrogens (tertiary/aromatic N) is 5. The van der Waals surface area contributed by atoms with E-state index in [1.807, 2.05) is 37.3 Å². The van der Waals surface area contributed by atoms with Crippen molar-refractivity contribution in [2.75, 3.05) is 13.1 Å². The molecule has 34 heavy (non-hydrogen) atoms. The van der Waals surface area contributed by atoms with Crippen LogP contribution >= 0.6 is 0 Å². The number of non-ortho nitro benzene ring substituents is 1. The highest BCUT2D eigenvalue weighted by Gasteiger charge is 2.27. The summed E-state index contributed by atoms with van der Waals surface area (Å²) in [7, 11) is 0. The summed E-state index contributed by atoms with van der Waals surface area (Å²) in [6, 6.07) is 15.9. The average molecular weight is 462 g/mol. The van der Waals surface area contributed by atoms with Gasteiger partial charge in [0, 0.05) is 43.8 Å². The Kier molecular flexibility index (Phi) is 7.01. The smallest absolute Gasteiger partial charge is 0.339 e. The number of hydrogen-bond donors (Lipinski definition) is 0. The molecule has 1 aromatic heterocycles. The lowest BCUT2D eigenvalue weighted by Crippen LogP contribution is -2.37. The minimum absolute atomic E-state index is 0.0160. The van der Waals surface area contributed by atoms with Gasteiger partial charge in [-0.05, 0) is 49.1 Å². The quantitative estimate of drug-likeness (QED) is 0.305. The fraction of sp³-hybridized carbons (Fsp3) is 0.320. The van der Waals surface area contributed by atoms with Crippen LogP contribution in [0.1, 0.15) is 42.6 Å². The Labute approximate surface area is 197 Å². The molecular formula is C25H27N5O4. The monoisotopic (exact) mass is 461 g/mol. The third-order valence-corrected chi connectivity index (χ3v) is 6.14. The van der Waals surface area contributed by atoms with Gasteiger partial charge in [0.25, 0.3) is 5.69 Å². The molecule has 0 spiro atoms. The maximum Gasteiger partial charge on any atom is 0.346 e. The van der Waals surface area contributed by atoms with E-state index in [9.17, 15) is 19.7 Å². The van der Waals surface area contributed by atoms with E-state index in [4.69, 9.17) is 0 Å². The molecule has 9 nitrogen and oxygen atoms in total. The summed E-state index contributed by atoms with van der Waals surface area (Å²) in [6.07, 6.45) is 4.63. The van der Waals surface area contributed by atoms with Crippen LogP contribution in [0.2, 0.25) is 0 Å². The maximum absolute atomic E-state index is 12.9. The summed E-state index contributed by atoms with van der Waals surface area (Å²) in [5.41, 5.74) is 1.66. The van der Waals surface area contributed by atoms with Crippen LogP contribution in [0.15, 0.2) is 65.5 Å². The van der Waals surface area contributed by atoms with E-state index in [0.717, 1.165) is 29.8 Å². The molecule has 0 N–H and O–H groups in total. The van der Waals surface area contributed by atoms with Gasteiger partial charge in [0.2, 0.25) is 5.91 Å². The zero-order chi connectivity index (χ0) is 24.1. The van der Waals surface area contributed by atoms with E-state index >= 15 is 0 Å². The van der Waals surface area contributed by atoms with Crippen LogP contribution in [-0.4, -0.2) is 43.2 Å². The summed E-state index contributed by atoms with van der Waals surface area (Å²) in [5.74, 6) is 0.809. The zero-order valence-corrected chi connectivity index (χ0v) is 19.0. The van der Waals surface area contributed by atoms with Gasteiger partial charge in [0.1, 0.15) is 5.82 Å². The van der Waals surface area contributed by atoms with E-state index in [-0.39, 0.29) is 23.2 Å². The van der Waals surface area contributed by atoms with E-state index in [0.29, 0.717) is 26.2 Å². The minimum atomic E-state index is -0.453. The number of likely N-dealkylation sites (tertiary alicyclic amines) is 1. The number of carbonyl (C=O) groups excluding carboxylic acids is 1. The zero-order valence-electron chi connectivity index (χ0n) is 19.0. The van der Waals surface area contributed by atoms with E-state index in [1.54, 1.807) is 27.7 Å². The molecule has 1 fully saturated rings. The van der Waals surface area contributed by atoms with Gasteiger partial charge in [0.05, 0.1) is 11.5 Å². The first kappa shape index (κ1) is 23.2. The lowest BCUT2D eigenvalue weighted by atomic mass is 9.95. The Balaban J connectivity index is 1.39. The van der Waals surface area contributed by atoms with Gasteiger partial charge in [-0.25, -0.2) is 9.48 Å². The number of hydrogen-bond acceptors (Lipinski definition) is 5. The fourth-order valence-electron chi connectivity index (χ4n) is 4.25. The largest absolute Gasteiger partial charge is 0.346 e. The van der Waals surface area contributed by atoms with E-state index < -0.39 is 4.92 Å². The first-order valence-corrected chi connectivity index (χ1v) is 11.4. The van der Waals surface area contributed by atoms with Gasteiger partial charge < -0.3 is 4.90 Å². The standard InChI is InChI=1S/C25H27N5O4/c1-2-28-24(26-29(25(28)32)18-20-6-4-3-5-7-20)21-14-16-27(17-15-21)23(31)13-10-19-8-11-22(12-9-19)30(33)34/h3-13,21H,2,14-18H2,1H3/b13-10+. The molecule has 1 saturated heterocycles. The van der Waals surface area contributed by atoms with Crippen LogP contribution in [0, 0.1) is 10.1 Å². The fourth-order valence-corrected chi connectivity index (χ4v) is 4.25. The average Bonchev–Trinajstić information content (AvgIpc) is 3.18. The first-order valence-electron chi connectivity index (χ1n) is 11.4. The van der Waals surface area contributed by atoms with Gasteiger partial charge in [-0.2, -0.15) is 5.10 Å². The number of benzene rings is 2. The molecular weight excluding hydrogens is 434 g/mol. The van der Waals surface area contributed by atoms with Gasteiger partial charge in [0.15, 0.2) is 0 Å². The van der Waals surface area contributed by atoms with Crippen LogP contribution in [0.3, 0.4) is 0 Å². The third kappa shape index (κ3) is 5.14. The molecule has 9 heteroatoms.